The molecule has 0 amide bonds. The van der Waals surface area contributed by atoms with Crippen LogP contribution < -0.4 is 10.2 Å². The first kappa shape index (κ1) is 14.2. The molecule has 3 aromatic rings. The first-order chi connectivity index (χ1) is 10.7. The fraction of sp³-hybridized carbons (Fsp3) is 0.167. The minimum atomic E-state index is -0.137. The van der Waals surface area contributed by atoms with E-state index in [1.54, 1.807) is 13.2 Å². The highest BCUT2D eigenvalue weighted by Crippen LogP contribution is 2.19. The largest absolute Gasteiger partial charge is 0.508 e. The van der Waals surface area contributed by atoms with Gasteiger partial charge in [0.1, 0.15) is 22.8 Å². The minimum Gasteiger partial charge on any atom is -0.508 e. The van der Waals surface area contributed by atoms with E-state index in [-0.39, 0.29) is 11.2 Å². The van der Waals surface area contributed by atoms with Crippen molar-refractivity contribution < 1.29 is 14.3 Å². The van der Waals surface area contributed by atoms with Crippen molar-refractivity contribution >= 4 is 11.0 Å². The van der Waals surface area contributed by atoms with Crippen LogP contribution in [0, 0.1) is 0 Å². The molecule has 1 heterocycles. The van der Waals surface area contributed by atoms with Crippen LogP contribution in [0.15, 0.2) is 57.7 Å². The minimum absolute atomic E-state index is 0.0609. The van der Waals surface area contributed by atoms with E-state index in [0.717, 1.165) is 17.7 Å². The average molecular weight is 296 g/mol. The number of methoxy groups -OCH3 is 1. The van der Waals surface area contributed by atoms with Gasteiger partial charge in [0.15, 0.2) is 5.43 Å². The first-order valence-electron chi connectivity index (χ1n) is 7.04. The molecule has 0 aliphatic heterocycles. The highest BCUT2D eigenvalue weighted by Gasteiger charge is 2.06. The molecule has 0 saturated carbocycles. The zero-order chi connectivity index (χ0) is 15.5. The van der Waals surface area contributed by atoms with Gasteiger partial charge in [0.25, 0.3) is 0 Å². The van der Waals surface area contributed by atoms with Gasteiger partial charge in [-0.25, -0.2) is 0 Å². The summed E-state index contributed by atoms with van der Waals surface area (Å²) < 4.78 is 10.9. The van der Waals surface area contributed by atoms with Gasteiger partial charge in [0.05, 0.1) is 12.5 Å². The van der Waals surface area contributed by atoms with Crippen molar-refractivity contribution in [3.63, 3.8) is 0 Å². The number of aromatic hydroxyl groups is 1. The molecule has 0 radical (unpaired) electrons. The highest BCUT2D eigenvalue weighted by molar-refractivity contribution is 5.77. The van der Waals surface area contributed by atoms with Crippen LogP contribution >= 0.6 is 0 Å². The lowest BCUT2D eigenvalue weighted by Gasteiger charge is -2.05. The smallest absolute Gasteiger partial charge is 0.193 e. The van der Waals surface area contributed by atoms with Gasteiger partial charge in [0.2, 0.25) is 0 Å². The normalized spacial score (nSPS) is 10.8. The molecule has 0 spiro atoms. The third kappa shape index (κ3) is 2.96. The molecule has 1 aromatic heterocycles. The van der Waals surface area contributed by atoms with Crippen molar-refractivity contribution in [2.45, 2.75) is 12.8 Å². The fourth-order valence-corrected chi connectivity index (χ4v) is 2.38. The number of ether oxygens (including phenoxy) is 1. The second kappa shape index (κ2) is 5.93. The number of fused-ring (bicyclic) bond motifs is 1. The number of aryl methyl sites for hydroxylation is 2. The van der Waals surface area contributed by atoms with Crippen molar-refractivity contribution in [2.75, 3.05) is 7.11 Å². The van der Waals surface area contributed by atoms with E-state index in [2.05, 4.69) is 0 Å². The molecule has 3 rings (SSSR count). The van der Waals surface area contributed by atoms with Crippen molar-refractivity contribution in [1.29, 1.82) is 0 Å². The van der Waals surface area contributed by atoms with E-state index < -0.39 is 0 Å². The van der Waals surface area contributed by atoms with Crippen LogP contribution in [0.4, 0.5) is 0 Å². The maximum Gasteiger partial charge on any atom is 0.193 e. The standard InChI is InChI=1S/C18H16O4/c1-21-14-6-2-12(3-7-14)4-8-15-11-17(20)16-10-13(19)5-9-18(16)22-15/h2-3,5-7,9-11,19H,4,8H2,1H3. The Labute approximate surface area is 127 Å². The zero-order valence-corrected chi connectivity index (χ0v) is 12.2. The lowest BCUT2D eigenvalue weighted by atomic mass is 10.1. The summed E-state index contributed by atoms with van der Waals surface area (Å²) in [6.07, 6.45) is 1.41. The Morgan fingerprint density at radius 1 is 1.05 bits per heavy atom. The molecule has 0 unspecified atom stereocenters. The Morgan fingerprint density at radius 3 is 2.55 bits per heavy atom. The van der Waals surface area contributed by atoms with E-state index in [1.165, 1.54) is 18.2 Å². The van der Waals surface area contributed by atoms with E-state index in [1.807, 2.05) is 24.3 Å². The van der Waals surface area contributed by atoms with E-state index >= 15 is 0 Å². The summed E-state index contributed by atoms with van der Waals surface area (Å²) in [5, 5.41) is 9.82. The number of benzene rings is 2. The van der Waals surface area contributed by atoms with Gasteiger partial charge in [0, 0.05) is 12.5 Å². The second-order valence-corrected chi connectivity index (χ2v) is 5.11. The predicted octanol–water partition coefficient (Wildman–Crippen LogP) is 3.29. The molecule has 0 saturated heterocycles. The molecule has 4 nitrogen and oxygen atoms in total. The molecule has 0 atom stereocenters. The number of phenolic OH excluding ortho intramolecular Hbond substituents is 1. The van der Waals surface area contributed by atoms with Crippen molar-refractivity contribution in [3.8, 4) is 11.5 Å². The number of hydrogen-bond acceptors (Lipinski definition) is 4. The summed E-state index contributed by atoms with van der Waals surface area (Å²) >= 11 is 0. The van der Waals surface area contributed by atoms with Crippen LogP contribution in [0.1, 0.15) is 11.3 Å². The highest BCUT2D eigenvalue weighted by atomic mass is 16.5. The fourth-order valence-electron chi connectivity index (χ4n) is 2.38. The van der Waals surface area contributed by atoms with Crippen LogP contribution in [0.2, 0.25) is 0 Å². The Hall–Kier alpha value is -2.75. The molecule has 0 bridgehead atoms. The summed E-state index contributed by atoms with van der Waals surface area (Å²) in [6.45, 7) is 0. The maximum atomic E-state index is 12.1. The summed E-state index contributed by atoms with van der Waals surface area (Å²) in [7, 11) is 1.64. The molecular formula is C18H16O4. The van der Waals surface area contributed by atoms with Gasteiger partial charge in [-0.2, -0.15) is 0 Å². The monoisotopic (exact) mass is 296 g/mol. The molecule has 0 fully saturated rings. The Bertz CT molecular complexity index is 847. The SMILES string of the molecule is COc1ccc(CCc2cc(=O)c3cc(O)ccc3o2)cc1. The molecule has 22 heavy (non-hydrogen) atoms. The average Bonchev–Trinajstić information content (AvgIpc) is 2.54. The molecule has 0 aliphatic rings. The van der Waals surface area contributed by atoms with Crippen LogP contribution in [0.3, 0.4) is 0 Å². The Kier molecular flexibility index (Phi) is 3.83. The third-order valence-electron chi connectivity index (χ3n) is 3.58. The van der Waals surface area contributed by atoms with Gasteiger partial charge < -0.3 is 14.3 Å². The zero-order valence-electron chi connectivity index (χ0n) is 12.2. The lowest BCUT2D eigenvalue weighted by Crippen LogP contribution is -2.03. The Balaban J connectivity index is 1.81. The van der Waals surface area contributed by atoms with E-state index in [0.29, 0.717) is 23.2 Å². The summed E-state index contributed by atoms with van der Waals surface area (Å²) in [5.74, 6) is 1.52. The number of rotatable bonds is 4. The van der Waals surface area contributed by atoms with Gasteiger partial charge in [-0.3, -0.25) is 4.79 Å². The van der Waals surface area contributed by atoms with E-state index in [9.17, 15) is 9.90 Å². The first-order valence-corrected chi connectivity index (χ1v) is 7.04. The van der Waals surface area contributed by atoms with Gasteiger partial charge in [-0.15, -0.1) is 0 Å². The number of hydrogen-bond donors (Lipinski definition) is 1. The second-order valence-electron chi connectivity index (χ2n) is 5.11. The van der Waals surface area contributed by atoms with Crippen molar-refractivity contribution in [3.05, 3.63) is 70.1 Å². The molecule has 0 aliphatic carbocycles. The van der Waals surface area contributed by atoms with Gasteiger partial charge in [-0.1, -0.05) is 12.1 Å². The van der Waals surface area contributed by atoms with Crippen molar-refractivity contribution in [2.24, 2.45) is 0 Å². The summed E-state index contributed by atoms with van der Waals surface area (Å²) in [5.41, 5.74) is 1.51. The van der Waals surface area contributed by atoms with Gasteiger partial charge in [-0.05, 0) is 42.3 Å². The van der Waals surface area contributed by atoms with Crippen LogP contribution in [-0.2, 0) is 12.8 Å². The van der Waals surface area contributed by atoms with Crippen molar-refractivity contribution in [1.82, 2.24) is 0 Å². The maximum absolute atomic E-state index is 12.1. The lowest BCUT2D eigenvalue weighted by molar-refractivity contribution is 0.414. The van der Waals surface area contributed by atoms with Crippen LogP contribution in [-0.4, -0.2) is 12.2 Å². The topological polar surface area (TPSA) is 59.7 Å². The predicted molar refractivity (Wildman–Crippen MR) is 84.6 cm³/mol. The van der Waals surface area contributed by atoms with Crippen LogP contribution in [0.5, 0.6) is 11.5 Å². The molecule has 1 N–H and O–H groups in total. The molecule has 2 aromatic carbocycles. The molecular weight excluding hydrogens is 280 g/mol. The summed E-state index contributed by atoms with van der Waals surface area (Å²) in [6, 6.07) is 13.9. The molecule has 4 heteroatoms. The van der Waals surface area contributed by atoms with E-state index in [4.69, 9.17) is 9.15 Å². The summed E-state index contributed by atoms with van der Waals surface area (Å²) in [4.78, 5) is 12.1. The third-order valence-corrected chi connectivity index (χ3v) is 3.58. The van der Waals surface area contributed by atoms with Gasteiger partial charge >= 0.3 is 0 Å². The molecule has 112 valence electrons. The quantitative estimate of drug-likeness (QED) is 0.802. The van der Waals surface area contributed by atoms with Crippen LogP contribution in [0.25, 0.3) is 11.0 Å². The number of phenols is 1. The Morgan fingerprint density at radius 2 is 1.82 bits per heavy atom.